The maximum Gasteiger partial charge on any atom is 0.261 e. The van der Waals surface area contributed by atoms with E-state index in [4.69, 9.17) is 4.74 Å². The first kappa shape index (κ1) is 26.6. The van der Waals surface area contributed by atoms with Crippen LogP contribution in [0.3, 0.4) is 0 Å². The molecule has 0 radical (unpaired) electrons. The Morgan fingerprint density at radius 3 is 2.03 bits per heavy atom. The van der Waals surface area contributed by atoms with E-state index in [9.17, 15) is 26.8 Å². The maximum atomic E-state index is 13.2. The number of amides is 2. The fraction of sp³-hybridized carbons (Fsp3) is 0.200. The summed E-state index contributed by atoms with van der Waals surface area (Å²) in [5.74, 6) is -1.55. The Morgan fingerprint density at radius 1 is 0.917 bits per heavy atom. The number of benzene rings is 3. The fourth-order valence-corrected chi connectivity index (χ4v) is 4.31. The van der Waals surface area contributed by atoms with Crippen molar-refractivity contribution in [1.82, 2.24) is 10.2 Å². The number of likely N-dealkylation sites (N-methyl/N-ethyl adjacent to an activating group) is 1. The molecule has 1 atom stereocenters. The van der Waals surface area contributed by atoms with Crippen molar-refractivity contribution in [2.45, 2.75) is 24.4 Å². The summed E-state index contributed by atoms with van der Waals surface area (Å²) in [6.45, 7) is 1.21. The molecule has 0 heterocycles. The fourth-order valence-electron chi connectivity index (χ4n) is 3.25. The van der Waals surface area contributed by atoms with E-state index < -0.39 is 40.2 Å². The third-order valence-electron chi connectivity index (χ3n) is 5.27. The normalized spacial score (nSPS) is 11.9. The number of carbonyl (C=O) groups is 2. The molecule has 3 aromatic rings. The van der Waals surface area contributed by atoms with Crippen molar-refractivity contribution in [3.63, 3.8) is 0 Å². The van der Waals surface area contributed by atoms with Gasteiger partial charge in [0.05, 0.1) is 4.90 Å². The van der Waals surface area contributed by atoms with Crippen molar-refractivity contribution < 1.29 is 31.5 Å². The van der Waals surface area contributed by atoms with Gasteiger partial charge in [-0.1, -0.05) is 12.1 Å². The van der Waals surface area contributed by atoms with E-state index in [0.717, 1.165) is 12.1 Å². The van der Waals surface area contributed by atoms with E-state index >= 15 is 0 Å². The molecule has 0 aliphatic heterocycles. The van der Waals surface area contributed by atoms with E-state index in [-0.39, 0.29) is 28.8 Å². The Kier molecular flexibility index (Phi) is 8.59. The average Bonchev–Trinajstić information content (AvgIpc) is 2.87. The van der Waals surface area contributed by atoms with Crippen LogP contribution in [-0.2, 0) is 26.2 Å². The van der Waals surface area contributed by atoms with Gasteiger partial charge in [0.25, 0.3) is 15.9 Å². The summed E-state index contributed by atoms with van der Waals surface area (Å²) in [7, 11) is -2.47. The third kappa shape index (κ3) is 7.01. The number of nitrogens with zero attached hydrogens (tertiary/aromatic N) is 1. The van der Waals surface area contributed by atoms with Gasteiger partial charge < -0.3 is 15.0 Å². The van der Waals surface area contributed by atoms with E-state index in [1.54, 1.807) is 6.92 Å². The van der Waals surface area contributed by atoms with Crippen LogP contribution in [0.15, 0.2) is 77.7 Å². The minimum atomic E-state index is -3.92. The van der Waals surface area contributed by atoms with E-state index in [2.05, 4.69) is 10.0 Å². The van der Waals surface area contributed by atoms with Crippen LogP contribution in [0.1, 0.15) is 12.5 Å². The molecule has 2 N–H and O–H groups in total. The SMILES string of the molecule is CNC(=O)C(C)N(Cc1ccc(F)cc1)C(=O)COc1ccc(S(=O)(=O)Nc2ccc(F)cc2)cc1. The highest BCUT2D eigenvalue weighted by molar-refractivity contribution is 7.92. The number of hydrogen-bond acceptors (Lipinski definition) is 5. The number of anilines is 1. The summed E-state index contributed by atoms with van der Waals surface area (Å²) in [6, 6.07) is 15.0. The van der Waals surface area contributed by atoms with Crippen LogP contribution in [0, 0.1) is 11.6 Å². The largest absolute Gasteiger partial charge is 0.484 e. The van der Waals surface area contributed by atoms with Crippen LogP contribution in [0.4, 0.5) is 14.5 Å². The molecule has 0 aliphatic carbocycles. The van der Waals surface area contributed by atoms with Gasteiger partial charge >= 0.3 is 0 Å². The summed E-state index contributed by atoms with van der Waals surface area (Å²) >= 11 is 0. The van der Waals surface area contributed by atoms with Crippen LogP contribution < -0.4 is 14.8 Å². The second kappa shape index (κ2) is 11.6. The number of nitrogens with one attached hydrogen (secondary N) is 2. The minimum Gasteiger partial charge on any atom is -0.484 e. The lowest BCUT2D eigenvalue weighted by atomic mass is 10.1. The van der Waals surface area contributed by atoms with E-state index in [1.807, 2.05) is 0 Å². The predicted octanol–water partition coefficient (Wildman–Crippen LogP) is 3.31. The van der Waals surface area contributed by atoms with Crippen LogP contribution >= 0.6 is 0 Å². The summed E-state index contributed by atoms with van der Waals surface area (Å²) in [5, 5.41) is 2.49. The molecule has 2 amide bonds. The van der Waals surface area contributed by atoms with Crippen molar-refractivity contribution in [3.05, 3.63) is 90.0 Å². The lowest BCUT2D eigenvalue weighted by Gasteiger charge is -2.28. The molecule has 0 aromatic heterocycles. The Labute approximate surface area is 207 Å². The molecule has 0 saturated heterocycles. The highest BCUT2D eigenvalue weighted by Gasteiger charge is 2.26. The number of carbonyl (C=O) groups excluding carboxylic acids is 2. The van der Waals surface area contributed by atoms with E-state index in [0.29, 0.717) is 5.56 Å². The third-order valence-corrected chi connectivity index (χ3v) is 6.67. The second-order valence-corrected chi connectivity index (χ2v) is 9.49. The topological polar surface area (TPSA) is 105 Å². The molecule has 3 rings (SSSR count). The summed E-state index contributed by atoms with van der Waals surface area (Å²) < 4.78 is 59.2. The highest BCUT2D eigenvalue weighted by Crippen LogP contribution is 2.20. The van der Waals surface area contributed by atoms with Crippen molar-refractivity contribution >= 4 is 27.5 Å². The van der Waals surface area contributed by atoms with Gasteiger partial charge in [-0.15, -0.1) is 0 Å². The molecule has 8 nitrogen and oxygen atoms in total. The Bertz CT molecular complexity index is 1300. The van der Waals surface area contributed by atoms with Gasteiger partial charge in [0, 0.05) is 19.3 Å². The number of sulfonamides is 1. The number of ether oxygens (including phenoxy) is 1. The highest BCUT2D eigenvalue weighted by atomic mass is 32.2. The molecule has 0 aliphatic rings. The molecule has 0 fully saturated rings. The average molecular weight is 518 g/mol. The Morgan fingerprint density at radius 2 is 1.47 bits per heavy atom. The minimum absolute atomic E-state index is 0.0586. The molecular formula is C25H25F2N3O5S. The summed E-state index contributed by atoms with van der Waals surface area (Å²) in [6.07, 6.45) is 0. The molecular weight excluding hydrogens is 492 g/mol. The summed E-state index contributed by atoms with van der Waals surface area (Å²) in [5.41, 5.74) is 0.831. The van der Waals surface area contributed by atoms with Gasteiger partial charge in [0.15, 0.2) is 6.61 Å². The van der Waals surface area contributed by atoms with Crippen LogP contribution in [0.25, 0.3) is 0 Å². The molecule has 11 heteroatoms. The quantitative estimate of drug-likeness (QED) is 0.430. The molecule has 1 unspecified atom stereocenters. The zero-order valence-electron chi connectivity index (χ0n) is 19.6. The molecule has 36 heavy (non-hydrogen) atoms. The van der Waals surface area contributed by atoms with Gasteiger partial charge in [-0.3, -0.25) is 14.3 Å². The van der Waals surface area contributed by atoms with Gasteiger partial charge in [-0.05, 0) is 73.2 Å². The number of halogens is 2. The second-order valence-electron chi connectivity index (χ2n) is 7.81. The Balaban J connectivity index is 1.67. The van der Waals surface area contributed by atoms with Gasteiger partial charge in [-0.2, -0.15) is 0 Å². The molecule has 0 spiro atoms. The molecule has 190 valence electrons. The first-order valence-electron chi connectivity index (χ1n) is 10.9. The number of rotatable bonds is 10. The maximum absolute atomic E-state index is 13.2. The van der Waals surface area contributed by atoms with Crippen LogP contribution in [-0.4, -0.2) is 44.8 Å². The van der Waals surface area contributed by atoms with Gasteiger partial charge in [-0.25, -0.2) is 17.2 Å². The molecule has 0 saturated carbocycles. The number of hydrogen-bond donors (Lipinski definition) is 2. The van der Waals surface area contributed by atoms with Gasteiger partial charge in [0.2, 0.25) is 5.91 Å². The zero-order valence-corrected chi connectivity index (χ0v) is 20.4. The van der Waals surface area contributed by atoms with Gasteiger partial charge in [0.1, 0.15) is 23.4 Å². The Hall–Kier alpha value is -3.99. The first-order chi connectivity index (χ1) is 17.1. The van der Waals surface area contributed by atoms with Crippen molar-refractivity contribution in [2.75, 3.05) is 18.4 Å². The monoisotopic (exact) mass is 517 g/mol. The smallest absolute Gasteiger partial charge is 0.261 e. The standard InChI is InChI=1S/C25H25F2N3O5S/c1-17(25(32)28-2)30(15-18-3-5-19(26)6-4-18)24(31)16-35-22-11-13-23(14-12-22)36(33,34)29-21-9-7-20(27)8-10-21/h3-14,17,29H,15-16H2,1-2H3,(H,28,32). The predicted molar refractivity (Wildman–Crippen MR) is 130 cm³/mol. The van der Waals surface area contributed by atoms with Crippen LogP contribution in [0.5, 0.6) is 5.75 Å². The first-order valence-corrected chi connectivity index (χ1v) is 12.3. The zero-order chi connectivity index (χ0) is 26.3. The summed E-state index contributed by atoms with van der Waals surface area (Å²) in [4.78, 5) is 26.3. The molecule has 3 aromatic carbocycles. The van der Waals surface area contributed by atoms with Crippen molar-refractivity contribution in [2.24, 2.45) is 0 Å². The van der Waals surface area contributed by atoms with Crippen molar-refractivity contribution in [3.8, 4) is 5.75 Å². The lowest BCUT2D eigenvalue weighted by molar-refractivity contribution is -0.142. The van der Waals surface area contributed by atoms with Crippen molar-refractivity contribution in [1.29, 1.82) is 0 Å². The lowest BCUT2D eigenvalue weighted by Crippen LogP contribution is -2.48. The molecule has 0 bridgehead atoms. The van der Waals surface area contributed by atoms with E-state index in [1.165, 1.54) is 72.6 Å². The van der Waals surface area contributed by atoms with Crippen LogP contribution in [0.2, 0.25) is 0 Å².